The molecule has 0 bridgehead atoms. The Labute approximate surface area is 124 Å². The highest BCUT2D eigenvalue weighted by molar-refractivity contribution is 5.98. The third-order valence-electron chi connectivity index (χ3n) is 2.53. The highest BCUT2D eigenvalue weighted by Gasteiger charge is 2.18. The van der Waals surface area contributed by atoms with Crippen LogP contribution in [-0.4, -0.2) is 31.1 Å². The smallest absolute Gasteiger partial charge is 0.412 e. The summed E-state index contributed by atoms with van der Waals surface area (Å²) in [7, 11) is 1.47. The number of rotatable bonds is 5. The number of carbonyl (C=O) groups is 2. The van der Waals surface area contributed by atoms with Gasteiger partial charge in [0.05, 0.1) is 12.8 Å². The molecule has 1 rings (SSSR count). The van der Waals surface area contributed by atoms with Crippen LogP contribution in [0.2, 0.25) is 0 Å². The second-order valence-electron chi connectivity index (χ2n) is 5.50. The second kappa shape index (κ2) is 7.08. The Bertz CT molecular complexity index is 521. The van der Waals surface area contributed by atoms with Gasteiger partial charge in [-0.15, -0.1) is 0 Å². The number of nitrogens with two attached hydrogens (primary N) is 1. The van der Waals surface area contributed by atoms with Crippen molar-refractivity contribution in [1.29, 1.82) is 0 Å². The van der Waals surface area contributed by atoms with Crippen LogP contribution in [0.1, 0.15) is 37.6 Å². The molecule has 116 valence electrons. The van der Waals surface area contributed by atoms with Crippen LogP contribution in [0.4, 0.5) is 10.5 Å². The van der Waals surface area contributed by atoms with Crippen molar-refractivity contribution in [2.75, 3.05) is 19.0 Å². The van der Waals surface area contributed by atoms with E-state index in [1.54, 1.807) is 39.0 Å². The van der Waals surface area contributed by atoms with Gasteiger partial charge in [-0.05, 0) is 45.5 Å². The summed E-state index contributed by atoms with van der Waals surface area (Å²) in [6.07, 6.45) is -0.316. The molecule has 1 aromatic rings. The summed E-state index contributed by atoms with van der Waals surface area (Å²) in [5.41, 5.74) is 5.71. The van der Waals surface area contributed by atoms with Crippen molar-refractivity contribution in [3.8, 4) is 5.75 Å². The number of carbonyl (C=O) groups excluding carboxylic acids is 2. The normalized spacial score (nSPS) is 10.9. The fourth-order valence-electron chi connectivity index (χ4n) is 1.66. The van der Waals surface area contributed by atoms with Crippen molar-refractivity contribution in [2.24, 2.45) is 5.73 Å². The Kier molecular flexibility index (Phi) is 5.72. The molecule has 0 unspecified atom stereocenters. The lowest BCUT2D eigenvalue weighted by molar-refractivity contribution is 0.0635. The molecule has 0 aliphatic carbocycles. The van der Waals surface area contributed by atoms with E-state index < -0.39 is 11.7 Å². The highest BCUT2D eigenvalue weighted by Crippen LogP contribution is 2.26. The van der Waals surface area contributed by atoms with Gasteiger partial charge in [-0.1, -0.05) is 0 Å². The van der Waals surface area contributed by atoms with Gasteiger partial charge in [0, 0.05) is 12.0 Å². The summed E-state index contributed by atoms with van der Waals surface area (Å²) in [5, 5.41) is 2.59. The van der Waals surface area contributed by atoms with E-state index in [-0.39, 0.29) is 12.2 Å². The summed E-state index contributed by atoms with van der Waals surface area (Å²) >= 11 is 0. The average Bonchev–Trinajstić information content (AvgIpc) is 2.37. The fraction of sp³-hybridized carbons (Fsp3) is 0.467. The standard InChI is InChI=1S/C15H22N2O4/c1-15(2,3)21-14(19)17-11-6-5-10(9-13(11)20-4)12(18)7-8-16/h5-6,9H,7-8,16H2,1-4H3,(H,17,19). The molecule has 0 atom stereocenters. The summed E-state index contributed by atoms with van der Waals surface area (Å²) in [5.74, 6) is 0.323. The SMILES string of the molecule is COc1cc(C(=O)CCN)ccc1NC(=O)OC(C)(C)C. The Balaban J connectivity index is 2.89. The number of methoxy groups -OCH3 is 1. The molecule has 0 aromatic heterocycles. The van der Waals surface area contributed by atoms with Crippen LogP contribution in [0, 0.1) is 0 Å². The topological polar surface area (TPSA) is 90.6 Å². The maximum atomic E-state index is 11.8. The number of ether oxygens (including phenoxy) is 2. The number of benzene rings is 1. The monoisotopic (exact) mass is 294 g/mol. The van der Waals surface area contributed by atoms with E-state index in [0.29, 0.717) is 23.5 Å². The van der Waals surface area contributed by atoms with E-state index in [4.69, 9.17) is 15.2 Å². The van der Waals surface area contributed by atoms with Crippen molar-refractivity contribution in [3.63, 3.8) is 0 Å². The summed E-state index contributed by atoms with van der Waals surface area (Å²) < 4.78 is 10.4. The van der Waals surface area contributed by atoms with Crippen LogP contribution in [0.15, 0.2) is 18.2 Å². The zero-order valence-electron chi connectivity index (χ0n) is 12.9. The van der Waals surface area contributed by atoms with Crippen LogP contribution in [0.3, 0.4) is 0 Å². The predicted octanol–water partition coefficient (Wildman–Crippen LogP) is 2.57. The molecule has 6 nitrogen and oxygen atoms in total. The minimum absolute atomic E-state index is 0.0698. The minimum Gasteiger partial charge on any atom is -0.495 e. The Hall–Kier alpha value is -2.08. The van der Waals surface area contributed by atoms with Gasteiger partial charge in [0.1, 0.15) is 11.4 Å². The average molecular weight is 294 g/mol. The molecule has 6 heteroatoms. The van der Waals surface area contributed by atoms with E-state index >= 15 is 0 Å². The first kappa shape index (κ1) is 17.0. The van der Waals surface area contributed by atoms with Gasteiger partial charge in [-0.3, -0.25) is 10.1 Å². The molecule has 0 spiro atoms. The van der Waals surface area contributed by atoms with Crippen LogP contribution in [0.25, 0.3) is 0 Å². The predicted molar refractivity (Wildman–Crippen MR) is 80.9 cm³/mol. The molecule has 21 heavy (non-hydrogen) atoms. The third-order valence-corrected chi connectivity index (χ3v) is 2.53. The van der Waals surface area contributed by atoms with Crippen molar-refractivity contribution in [3.05, 3.63) is 23.8 Å². The number of Topliss-reactive ketones (excluding diaryl/α,β-unsaturated/α-hetero) is 1. The lowest BCUT2D eigenvalue weighted by atomic mass is 10.1. The number of hydrogen-bond donors (Lipinski definition) is 2. The zero-order valence-corrected chi connectivity index (χ0v) is 12.9. The molecule has 3 N–H and O–H groups in total. The van der Waals surface area contributed by atoms with Gasteiger partial charge in [-0.2, -0.15) is 0 Å². The molecule has 0 heterocycles. The molecule has 0 aliphatic heterocycles. The summed E-state index contributed by atoms with van der Waals surface area (Å²) in [6.45, 7) is 5.62. The molecule has 0 radical (unpaired) electrons. The highest BCUT2D eigenvalue weighted by atomic mass is 16.6. The number of hydrogen-bond acceptors (Lipinski definition) is 5. The zero-order chi connectivity index (χ0) is 16.0. The fourth-order valence-corrected chi connectivity index (χ4v) is 1.66. The van der Waals surface area contributed by atoms with Gasteiger partial charge in [0.15, 0.2) is 5.78 Å². The maximum absolute atomic E-state index is 11.8. The van der Waals surface area contributed by atoms with Gasteiger partial charge in [0.25, 0.3) is 0 Å². The van der Waals surface area contributed by atoms with Gasteiger partial charge in [0.2, 0.25) is 0 Å². The molecule has 1 amide bonds. The number of anilines is 1. The molecule has 0 saturated carbocycles. The van der Waals surface area contributed by atoms with Crippen molar-refractivity contribution in [1.82, 2.24) is 0 Å². The van der Waals surface area contributed by atoms with E-state index in [1.165, 1.54) is 7.11 Å². The van der Waals surface area contributed by atoms with E-state index in [1.807, 2.05) is 0 Å². The third kappa shape index (κ3) is 5.43. The second-order valence-corrected chi connectivity index (χ2v) is 5.50. The molecule has 0 aliphatic rings. The molecule has 0 saturated heterocycles. The van der Waals surface area contributed by atoms with Crippen molar-refractivity contribution >= 4 is 17.6 Å². The Morgan fingerprint density at radius 3 is 2.48 bits per heavy atom. The lowest BCUT2D eigenvalue weighted by Crippen LogP contribution is -2.27. The van der Waals surface area contributed by atoms with Crippen molar-refractivity contribution < 1.29 is 19.1 Å². The first-order valence-corrected chi connectivity index (χ1v) is 6.68. The minimum atomic E-state index is -0.589. The molecular weight excluding hydrogens is 272 g/mol. The Morgan fingerprint density at radius 1 is 1.29 bits per heavy atom. The number of ketones is 1. The maximum Gasteiger partial charge on any atom is 0.412 e. The van der Waals surface area contributed by atoms with Crippen LogP contribution < -0.4 is 15.8 Å². The van der Waals surface area contributed by atoms with E-state index in [0.717, 1.165) is 0 Å². The quantitative estimate of drug-likeness (QED) is 0.814. The summed E-state index contributed by atoms with van der Waals surface area (Å²) in [6, 6.07) is 4.80. The summed E-state index contributed by atoms with van der Waals surface area (Å²) in [4.78, 5) is 23.5. The van der Waals surface area contributed by atoms with Gasteiger partial charge in [-0.25, -0.2) is 4.79 Å². The Morgan fingerprint density at radius 2 is 1.95 bits per heavy atom. The number of amides is 1. The van der Waals surface area contributed by atoms with Gasteiger partial charge >= 0.3 is 6.09 Å². The van der Waals surface area contributed by atoms with Crippen LogP contribution >= 0.6 is 0 Å². The molecule has 0 fully saturated rings. The van der Waals surface area contributed by atoms with Gasteiger partial charge < -0.3 is 15.2 Å². The molecular formula is C15H22N2O4. The van der Waals surface area contributed by atoms with E-state index in [9.17, 15) is 9.59 Å². The molecule has 1 aromatic carbocycles. The number of nitrogens with one attached hydrogen (secondary N) is 1. The van der Waals surface area contributed by atoms with Crippen LogP contribution in [0.5, 0.6) is 5.75 Å². The lowest BCUT2D eigenvalue weighted by Gasteiger charge is -2.20. The van der Waals surface area contributed by atoms with Crippen LogP contribution in [-0.2, 0) is 4.74 Å². The first-order chi connectivity index (χ1) is 9.76. The van der Waals surface area contributed by atoms with Crippen molar-refractivity contribution in [2.45, 2.75) is 32.8 Å². The first-order valence-electron chi connectivity index (χ1n) is 6.68. The van der Waals surface area contributed by atoms with E-state index in [2.05, 4.69) is 5.32 Å². The largest absolute Gasteiger partial charge is 0.495 e.